The fourth-order valence-corrected chi connectivity index (χ4v) is 7.68. The zero-order valence-corrected chi connectivity index (χ0v) is 25.4. The lowest BCUT2D eigenvalue weighted by molar-refractivity contribution is -0.149. The van der Waals surface area contributed by atoms with E-state index in [-0.39, 0.29) is 30.7 Å². The average molecular weight is 620 g/mol. The summed E-state index contributed by atoms with van der Waals surface area (Å²) in [5.74, 6) is 0.206. The first-order valence-corrected chi connectivity index (χ1v) is 16.4. The number of esters is 1. The van der Waals surface area contributed by atoms with Gasteiger partial charge in [-0.1, -0.05) is 54.6 Å². The number of hydrogen-bond donors (Lipinski definition) is 1. The van der Waals surface area contributed by atoms with Gasteiger partial charge < -0.3 is 19.5 Å². The van der Waals surface area contributed by atoms with Gasteiger partial charge in [-0.05, 0) is 72.8 Å². The molecule has 4 aliphatic heterocycles. The van der Waals surface area contributed by atoms with E-state index in [1.807, 2.05) is 54.6 Å². The Morgan fingerprint density at radius 1 is 0.909 bits per heavy atom. The number of carbonyl (C=O) groups excluding carboxylic acids is 2. The Labute approximate surface area is 257 Å². The van der Waals surface area contributed by atoms with Crippen LogP contribution < -0.4 is 10.1 Å². The molecule has 10 nitrogen and oxygen atoms in total. The van der Waals surface area contributed by atoms with Crippen molar-refractivity contribution in [1.29, 1.82) is 0 Å². The Bertz CT molecular complexity index is 1570. The molecule has 0 unspecified atom stereocenters. The van der Waals surface area contributed by atoms with Crippen molar-refractivity contribution in [2.24, 2.45) is 11.8 Å². The molecule has 11 heteroatoms. The number of nitrogens with zero attached hydrogens (tertiary/aromatic N) is 2. The van der Waals surface area contributed by atoms with Crippen molar-refractivity contribution < 1.29 is 32.2 Å². The number of rotatable bonds is 10. The van der Waals surface area contributed by atoms with Crippen LogP contribution in [0.2, 0.25) is 0 Å². The Balaban J connectivity index is 1.10. The molecule has 7 rings (SSSR count). The third-order valence-electron chi connectivity index (χ3n) is 8.79. The van der Waals surface area contributed by atoms with Gasteiger partial charge in [-0.15, -0.1) is 0 Å². The molecule has 0 saturated carbocycles. The maximum absolute atomic E-state index is 13.1. The number of hydrogen-bond acceptors (Lipinski definition) is 8. The minimum Gasteiger partial charge on any atom is -0.489 e. The molecule has 0 aromatic heterocycles. The topological polar surface area (TPSA) is 114 Å². The summed E-state index contributed by atoms with van der Waals surface area (Å²) in [7, 11) is -2.39. The molecule has 44 heavy (non-hydrogen) atoms. The van der Waals surface area contributed by atoms with Crippen LogP contribution in [0.25, 0.3) is 0 Å². The van der Waals surface area contributed by atoms with Crippen molar-refractivity contribution in [2.75, 3.05) is 39.8 Å². The van der Waals surface area contributed by atoms with Crippen molar-refractivity contribution in [3.8, 4) is 5.75 Å². The zero-order chi connectivity index (χ0) is 30.7. The maximum Gasteiger partial charge on any atom is 0.408 e. The van der Waals surface area contributed by atoms with Crippen molar-refractivity contribution in [1.82, 2.24) is 14.5 Å². The number of fused-ring (bicyclic) bond motifs is 3. The molecule has 3 aromatic rings. The first-order valence-electron chi connectivity index (χ1n) is 14.9. The molecule has 4 aliphatic rings. The fourth-order valence-electron chi connectivity index (χ4n) is 6.15. The summed E-state index contributed by atoms with van der Waals surface area (Å²) in [6, 6.07) is 23.4. The number of methoxy groups -OCH3 is 1. The zero-order valence-electron chi connectivity index (χ0n) is 24.6. The number of carbonyl (C=O) groups is 2. The second-order valence-corrected chi connectivity index (χ2v) is 13.6. The van der Waals surface area contributed by atoms with Gasteiger partial charge in [0, 0.05) is 19.6 Å². The van der Waals surface area contributed by atoms with E-state index in [1.165, 1.54) is 11.4 Å². The molecule has 1 amide bonds. The Morgan fingerprint density at radius 3 is 2.27 bits per heavy atom. The molecule has 1 N–H and O–H groups in total. The summed E-state index contributed by atoms with van der Waals surface area (Å²) in [4.78, 5) is 27.3. The largest absolute Gasteiger partial charge is 0.489 e. The van der Waals surface area contributed by atoms with Crippen LogP contribution in [0.15, 0.2) is 83.8 Å². The highest BCUT2D eigenvalue weighted by atomic mass is 32.2. The maximum atomic E-state index is 13.1. The number of nitrogens with one attached hydrogen (secondary N) is 1. The normalized spacial score (nSPS) is 22.4. The van der Waals surface area contributed by atoms with Crippen molar-refractivity contribution in [3.63, 3.8) is 0 Å². The van der Waals surface area contributed by atoms with Crippen LogP contribution in [-0.4, -0.2) is 75.6 Å². The van der Waals surface area contributed by atoms with Gasteiger partial charge in [-0.2, -0.15) is 4.31 Å². The minimum absolute atomic E-state index is 0.0901. The van der Waals surface area contributed by atoms with Crippen LogP contribution in [0.5, 0.6) is 5.75 Å². The van der Waals surface area contributed by atoms with E-state index in [9.17, 15) is 18.0 Å². The fraction of sp³-hybridized carbons (Fsp3) is 0.394. The van der Waals surface area contributed by atoms with Crippen molar-refractivity contribution >= 4 is 22.1 Å². The number of amides is 1. The molecule has 2 bridgehead atoms. The lowest BCUT2D eigenvalue weighted by Crippen LogP contribution is -2.53. The van der Waals surface area contributed by atoms with Crippen LogP contribution in [0.1, 0.15) is 35.6 Å². The second kappa shape index (κ2) is 13.0. The monoisotopic (exact) mass is 619 g/mol. The smallest absolute Gasteiger partial charge is 0.408 e. The molecule has 232 valence electrons. The van der Waals surface area contributed by atoms with Gasteiger partial charge in [0.25, 0.3) is 0 Å². The highest BCUT2D eigenvalue weighted by molar-refractivity contribution is 7.89. The molecular formula is C33H37N3O7S. The first kappa shape index (κ1) is 30.1. The standard InChI is InChI=1S/C33H37N3O7S/c1-41-32(37)27-19-36(20-27)44(39,40)29-12-10-23(11-13-29)22-42-28-9-5-8-26(18-28)31(25-6-3-2-4-7-25)34-33(38)43-30-21-35-16-14-24(30)15-17-35/h2-13,18,24,27,30-31H,14-17,19-22H2,1H3,(H,34,38)/t30-,31-/m0/s1. The van der Waals surface area contributed by atoms with E-state index in [0.29, 0.717) is 11.7 Å². The second-order valence-electron chi connectivity index (χ2n) is 11.6. The van der Waals surface area contributed by atoms with E-state index >= 15 is 0 Å². The third-order valence-corrected chi connectivity index (χ3v) is 10.6. The van der Waals surface area contributed by atoms with E-state index in [1.54, 1.807) is 24.3 Å². The Kier molecular flexibility index (Phi) is 8.88. The molecular weight excluding hydrogens is 582 g/mol. The van der Waals surface area contributed by atoms with E-state index in [0.717, 1.165) is 49.2 Å². The van der Waals surface area contributed by atoms with Crippen LogP contribution >= 0.6 is 0 Å². The van der Waals surface area contributed by atoms with Gasteiger partial charge in [0.1, 0.15) is 18.5 Å². The highest BCUT2D eigenvalue weighted by Gasteiger charge is 2.41. The number of alkyl carbamates (subject to hydrolysis) is 1. The molecule has 4 heterocycles. The predicted molar refractivity (Wildman–Crippen MR) is 162 cm³/mol. The van der Waals surface area contributed by atoms with Crippen molar-refractivity contribution in [2.45, 2.75) is 36.5 Å². The van der Waals surface area contributed by atoms with Crippen LogP contribution in [0.4, 0.5) is 4.79 Å². The average Bonchev–Trinajstić information content (AvgIpc) is 3.03. The summed E-state index contributed by atoms with van der Waals surface area (Å²) in [5.41, 5.74) is 2.57. The molecule has 3 aromatic carbocycles. The lowest BCUT2D eigenvalue weighted by atomic mass is 9.86. The first-order chi connectivity index (χ1) is 21.3. The summed E-state index contributed by atoms with van der Waals surface area (Å²) in [6.45, 7) is 3.40. The lowest BCUT2D eigenvalue weighted by Gasteiger charge is -2.43. The molecule has 0 aliphatic carbocycles. The van der Waals surface area contributed by atoms with Gasteiger partial charge >= 0.3 is 12.1 Å². The summed E-state index contributed by atoms with van der Waals surface area (Å²) in [6.07, 6.45) is 1.60. The predicted octanol–water partition coefficient (Wildman–Crippen LogP) is 3.97. The van der Waals surface area contributed by atoms with Crippen molar-refractivity contribution in [3.05, 3.63) is 95.6 Å². The molecule has 4 saturated heterocycles. The van der Waals surface area contributed by atoms with Crippen LogP contribution in [0.3, 0.4) is 0 Å². The molecule has 4 fully saturated rings. The summed E-state index contributed by atoms with van der Waals surface area (Å²) >= 11 is 0. The van der Waals surface area contributed by atoms with E-state index < -0.39 is 34.0 Å². The van der Waals surface area contributed by atoms with Gasteiger partial charge in [0.2, 0.25) is 10.0 Å². The van der Waals surface area contributed by atoms with E-state index in [2.05, 4.69) is 10.2 Å². The number of benzene rings is 3. The molecule has 2 atom stereocenters. The minimum atomic E-state index is -3.69. The Hall–Kier alpha value is -3.93. The number of piperidine rings is 3. The van der Waals surface area contributed by atoms with E-state index in [4.69, 9.17) is 14.2 Å². The van der Waals surface area contributed by atoms with Gasteiger partial charge in [0.15, 0.2) is 0 Å². The number of sulfonamides is 1. The SMILES string of the molecule is COC(=O)C1CN(S(=O)(=O)c2ccc(COc3cccc([C@@H](NC(=O)O[C@H]4CN5CCC4CC5)c4ccccc4)c3)cc2)C1. The van der Waals surface area contributed by atoms with Gasteiger partial charge in [0.05, 0.1) is 24.0 Å². The summed E-state index contributed by atoms with van der Waals surface area (Å²) < 4.78 is 43.8. The quantitative estimate of drug-likeness (QED) is 0.339. The van der Waals surface area contributed by atoms with Crippen LogP contribution in [-0.2, 0) is 30.9 Å². The Morgan fingerprint density at radius 2 is 1.61 bits per heavy atom. The third kappa shape index (κ3) is 6.59. The highest BCUT2D eigenvalue weighted by Crippen LogP contribution is 2.31. The molecule has 0 spiro atoms. The van der Waals surface area contributed by atoms with Gasteiger partial charge in [-0.3, -0.25) is 9.69 Å². The van der Waals surface area contributed by atoms with Gasteiger partial charge in [-0.25, -0.2) is 13.2 Å². The molecule has 0 radical (unpaired) electrons. The summed E-state index contributed by atoms with van der Waals surface area (Å²) in [5, 5.41) is 3.09. The number of ether oxygens (including phenoxy) is 3. The van der Waals surface area contributed by atoms with Crippen LogP contribution in [0, 0.1) is 11.8 Å².